The Morgan fingerprint density at radius 1 is 0.506 bits per heavy atom. The van der Waals surface area contributed by atoms with Gasteiger partial charge in [0.2, 0.25) is 0 Å². The average molecular weight is 1290 g/mol. The van der Waals surface area contributed by atoms with Crippen LogP contribution in [0.2, 0.25) is 0 Å². The second kappa shape index (κ2) is 38.8. The van der Waals surface area contributed by atoms with Crippen molar-refractivity contribution in [1.29, 1.82) is 15.8 Å². The Balaban J connectivity index is 0.00000111. The van der Waals surface area contributed by atoms with Gasteiger partial charge in [-0.3, -0.25) is 0 Å². The number of hydrogen-bond acceptors (Lipinski definition) is 17. The van der Waals surface area contributed by atoms with Crippen molar-refractivity contribution in [2.45, 2.75) is 47.7 Å². The molecule has 0 N–H and O–H groups in total. The molecule has 20 heteroatoms. The monoisotopic (exact) mass is 1290 g/mol. The van der Waals surface area contributed by atoms with E-state index < -0.39 is 17.0 Å². The summed E-state index contributed by atoms with van der Waals surface area (Å²) in [4.78, 5) is 37.4. The zero-order valence-corrected chi connectivity index (χ0v) is 49.7. The molecule has 0 aliphatic rings. The van der Waals surface area contributed by atoms with Gasteiger partial charge in [-0.05, 0) is 125 Å². The standard InChI is InChI=1S/C25H39N3O4.2C15H10O2.3C2H3N.Dy.NO3.Ni/c1-18-12-20(24(29)22(14-18)31-6)16-27(4)10-8-26(3)9-11-28(5)17-21-13-19(2)15-23(32-7)25(21)30;2*16-15(17)14-12-7-3-1-5-10(12)9-11-6-2-4-8-13(11)14;3*1-2-3;;2-1(3)4;/h12-15,29-30H,8-11,16-17H2,1-7H3;2*1-9H,(H,16,17);3*1H3;;;/q;;;;;;+3;-1;+2/p-4. The number of benzene rings is 8. The molecule has 429 valence electrons. The number of carbonyl (C=O) groups is 2. The SMILES string of the molecule is CC#N.CC#N.CC#N.COc1cc(C)cc(CN(C)CCN(C)CCN(C)Cc2cc(C)cc(OC)c2[O-])c1[O-].O=C([O-])c1c2ccccc2cc2ccccc12.O=C([O-])c1c2ccccc2cc2ccccc12.O=[N+]([O-])[O-].[Dy+3].[Ni+2]. The van der Waals surface area contributed by atoms with Gasteiger partial charge in [-0.25, -0.2) is 0 Å². The molecule has 8 rings (SSSR count). The Morgan fingerprint density at radius 2 is 0.741 bits per heavy atom. The van der Waals surface area contributed by atoms with Gasteiger partial charge in [0.1, 0.15) is 11.5 Å². The van der Waals surface area contributed by atoms with Crippen molar-refractivity contribution in [3.63, 3.8) is 0 Å². The predicted octanol–water partition coefficient (Wildman–Crippen LogP) is 8.02. The van der Waals surface area contributed by atoms with Crippen molar-refractivity contribution in [2.75, 3.05) is 61.5 Å². The van der Waals surface area contributed by atoms with E-state index in [9.17, 15) is 30.0 Å². The molecule has 18 nitrogen and oxygen atoms in total. The number of carboxylic acid groups (broad SMARTS) is 2. The number of methoxy groups -OCH3 is 2. The first-order valence-corrected chi connectivity index (χ1v) is 24.4. The van der Waals surface area contributed by atoms with E-state index in [1.807, 2.05) is 149 Å². The van der Waals surface area contributed by atoms with E-state index in [1.54, 1.807) is 30.3 Å². The average Bonchev–Trinajstić information content (AvgIpc) is 3.40. The minimum absolute atomic E-state index is 0. The topological polar surface area (TPSA) is 292 Å². The predicted molar refractivity (Wildman–Crippen MR) is 300 cm³/mol. The van der Waals surface area contributed by atoms with Gasteiger partial charge < -0.3 is 69.5 Å². The minimum Gasteiger partial charge on any atom is -0.870 e. The molecule has 0 fully saturated rings. The van der Waals surface area contributed by atoms with Gasteiger partial charge in [0.05, 0.1) is 49.5 Å². The fraction of sp³-hybridized carbons (Fsp3) is 0.262. The maximum absolute atomic E-state index is 12.4. The summed E-state index contributed by atoms with van der Waals surface area (Å²) >= 11 is 0. The Morgan fingerprint density at radius 3 is 0.975 bits per heavy atom. The first kappa shape index (κ1) is 73.3. The largest absolute Gasteiger partial charge is 3.00 e. The van der Waals surface area contributed by atoms with E-state index in [0.29, 0.717) is 24.6 Å². The van der Waals surface area contributed by atoms with Crippen molar-refractivity contribution in [1.82, 2.24) is 14.7 Å². The van der Waals surface area contributed by atoms with Crippen LogP contribution >= 0.6 is 0 Å². The second-order valence-corrected chi connectivity index (χ2v) is 17.5. The molecule has 0 amide bonds. The van der Waals surface area contributed by atoms with Gasteiger partial charge in [-0.1, -0.05) is 121 Å². The molecule has 8 aromatic carbocycles. The fourth-order valence-corrected chi connectivity index (χ4v) is 8.16. The summed E-state index contributed by atoms with van der Waals surface area (Å²) in [5.41, 5.74) is 4.12. The Hall–Kier alpha value is -7.74. The quantitative estimate of drug-likeness (QED) is 0.0431. The summed E-state index contributed by atoms with van der Waals surface area (Å²) in [5, 5.41) is 90.8. The van der Waals surface area contributed by atoms with Crippen molar-refractivity contribution >= 4 is 55.0 Å². The smallest absolute Gasteiger partial charge is 0.870 e. The van der Waals surface area contributed by atoms with Crippen LogP contribution in [0.25, 0.3) is 43.1 Å². The van der Waals surface area contributed by atoms with Crippen molar-refractivity contribution < 1.29 is 99.2 Å². The Bertz CT molecular complexity index is 3100. The zero-order chi connectivity index (χ0) is 59.2. The van der Waals surface area contributed by atoms with Gasteiger partial charge in [0, 0.05) is 71.2 Å². The van der Waals surface area contributed by atoms with E-state index in [1.165, 1.54) is 35.0 Å². The molecule has 0 bridgehead atoms. The normalized spacial score (nSPS) is 9.70. The number of nitrogens with zero attached hydrogens (tertiary/aromatic N) is 7. The third-order valence-electron chi connectivity index (χ3n) is 11.6. The summed E-state index contributed by atoms with van der Waals surface area (Å²) in [6.07, 6.45) is 0. The molecule has 0 unspecified atom stereocenters. The molecule has 0 spiro atoms. The molecule has 0 aliphatic heterocycles. The Kier molecular flexibility index (Phi) is 35.1. The molecule has 0 aromatic heterocycles. The molecular weight excluding hydrogens is 1230 g/mol. The molecular formula is C61H64DyN7NiO11. The number of carboxylic acids is 2. The van der Waals surface area contributed by atoms with Crippen LogP contribution < -0.4 is 29.9 Å². The van der Waals surface area contributed by atoms with Crippen molar-refractivity contribution in [3.8, 4) is 41.2 Å². The molecule has 0 saturated carbocycles. The number of aromatic carboxylic acids is 2. The van der Waals surface area contributed by atoms with Crippen molar-refractivity contribution in [2.24, 2.45) is 0 Å². The van der Waals surface area contributed by atoms with Gasteiger partial charge in [-0.2, -0.15) is 15.8 Å². The maximum Gasteiger partial charge on any atom is 3.00 e. The van der Waals surface area contributed by atoms with Crippen LogP contribution in [0.1, 0.15) is 63.7 Å². The van der Waals surface area contributed by atoms with Crippen LogP contribution in [-0.2, 0) is 29.6 Å². The van der Waals surface area contributed by atoms with Crippen LogP contribution in [-0.4, -0.2) is 93.3 Å². The van der Waals surface area contributed by atoms with Crippen LogP contribution in [0.4, 0.5) is 0 Å². The first-order chi connectivity index (χ1) is 37.7. The van der Waals surface area contributed by atoms with Gasteiger partial charge in [0.15, 0.2) is 0 Å². The maximum atomic E-state index is 12.4. The molecule has 0 saturated heterocycles. The number of ether oxygens (including phenoxy) is 2. The number of rotatable bonds is 14. The number of hydrogen-bond donors (Lipinski definition) is 0. The van der Waals surface area contributed by atoms with Crippen LogP contribution in [0.5, 0.6) is 23.0 Å². The third-order valence-corrected chi connectivity index (χ3v) is 11.6. The molecule has 1 radical (unpaired) electrons. The summed E-state index contributed by atoms with van der Waals surface area (Å²) in [6.45, 7) is 12.9. The van der Waals surface area contributed by atoms with Crippen LogP contribution in [0.3, 0.4) is 0 Å². The molecule has 81 heavy (non-hydrogen) atoms. The van der Waals surface area contributed by atoms with E-state index in [2.05, 4.69) is 21.7 Å². The van der Waals surface area contributed by atoms with Crippen LogP contribution in [0, 0.1) is 101 Å². The molecule has 0 atom stereocenters. The number of carbonyl (C=O) groups excluding carboxylic acids is 2. The number of aryl methyl sites for hydroxylation is 2. The Labute approximate surface area is 513 Å². The third kappa shape index (κ3) is 23.9. The summed E-state index contributed by atoms with van der Waals surface area (Å²) in [6, 6.07) is 46.5. The second-order valence-electron chi connectivity index (χ2n) is 17.5. The number of fused-ring (bicyclic) bond motifs is 4. The van der Waals surface area contributed by atoms with E-state index in [0.717, 1.165) is 91.5 Å². The molecule has 0 aliphatic carbocycles. The molecule has 8 aromatic rings. The van der Waals surface area contributed by atoms with Gasteiger partial charge in [-0.15, -0.1) is 0 Å². The summed E-state index contributed by atoms with van der Waals surface area (Å²) < 4.78 is 10.4. The van der Waals surface area contributed by atoms with Crippen molar-refractivity contribution in [3.05, 3.63) is 182 Å². The number of likely N-dealkylation sites (N-methyl/N-ethyl adjacent to an activating group) is 3. The van der Waals surface area contributed by atoms with Gasteiger partial charge in [0.25, 0.3) is 0 Å². The fourth-order valence-electron chi connectivity index (χ4n) is 8.16. The zero-order valence-electron chi connectivity index (χ0n) is 46.7. The van der Waals surface area contributed by atoms with Gasteiger partial charge >= 0.3 is 54.7 Å². The summed E-state index contributed by atoms with van der Waals surface area (Å²) in [5.74, 6) is -1.52. The van der Waals surface area contributed by atoms with E-state index in [4.69, 9.17) is 40.6 Å². The minimum atomic E-state index is -1.75. The molecule has 0 heterocycles. The van der Waals surface area contributed by atoms with E-state index in [-0.39, 0.29) is 77.3 Å². The first-order valence-electron chi connectivity index (χ1n) is 24.4. The summed E-state index contributed by atoms with van der Waals surface area (Å²) in [7, 11) is 9.20. The van der Waals surface area contributed by atoms with E-state index >= 15 is 0 Å². The van der Waals surface area contributed by atoms with Crippen LogP contribution in [0.15, 0.2) is 133 Å². The number of nitriles is 3.